The van der Waals surface area contributed by atoms with E-state index in [2.05, 4.69) is 5.32 Å². The molecule has 1 N–H and O–H groups in total. The fourth-order valence-electron chi connectivity index (χ4n) is 3.07. The number of hydrogen-bond acceptors (Lipinski definition) is 3. The van der Waals surface area contributed by atoms with Gasteiger partial charge in [0.2, 0.25) is 5.91 Å². The van der Waals surface area contributed by atoms with Gasteiger partial charge in [0.05, 0.1) is 0 Å². The van der Waals surface area contributed by atoms with Crippen LogP contribution in [0.5, 0.6) is 5.75 Å². The molecule has 5 heteroatoms. The predicted molar refractivity (Wildman–Crippen MR) is 116 cm³/mol. The highest BCUT2D eigenvalue weighted by Gasteiger charge is 2.26. The number of carbonyl (C=O) groups is 2. The maximum atomic E-state index is 13.0. The number of rotatable bonds is 9. The third-order valence-electron chi connectivity index (χ3n) is 4.85. The van der Waals surface area contributed by atoms with E-state index in [-0.39, 0.29) is 18.4 Å². The number of nitrogens with one attached hydrogen (secondary N) is 1. The van der Waals surface area contributed by atoms with Crippen molar-refractivity contribution in [3.05, 3.63) is 64.7 Å². The van der Waals surface area contributed by atoms with E-state index in [1.54, 1.807) is 11.8 Å². The maximum Gasteiger partial charge on any atom is 0.261 e. The van der Waals surface area contributed by atoms with Crippen molar-refractivity contribution >= 4 is 11.8 Å². The van der Waals surface area contributed by atoms with E-state index in [9.17, 15) is 9.59 Å². The topological polar surface area (TPSA) is 58.6 Å². The molecule has 156 valence electrons. The van der Waals surface area contributed by atoms with Gasteiger partial charge in [-0.25, -0.2) is 0 Å². The molecule has 0 fully saturated rings. The first-order chi connectivity index (χ1) is 13.8. The molecule has 29 heavy (non-hydrogen) atoms. The average molecular weight is 397 g/mol. The Balaban J connectivity index is 2.16. The SMILES string of the molecule is CCCNC(=O)[C@H](C)N(Cc1cccc(C)c1)C(=O)COc1cc(C)ccc1C. The molecule has 2 amide bonds. The molecule has 2 rings (SSSR count). The lowest BCUT2D eigenvalue weighted by Gasteiger charge is -2.29. The second-order valence-electron chi connectivity index (χ2n) is 7.54. The Labute approximate surface area is 174 Å². The third-order valence-corrected chi connectivity index (χ3v) is 4.85. The van der Waals surface area contributed by atoms with Crippen molar-refractivity contribution in [3.8, 4) is 5.75 Å². The molecule has 0 spiro atoms. The van der Waals surface area contributed by atoms with Crippen LogP contribution < -0.4 is 10.1 Å². The molecule has 0 aliphatic heterocycles. The molecule has 0 saturated heterocycles. The first kappa shape index (κ1) is 22.5. The first-order valence-corrected chi connectivity index (χ1v) is 10.1. The molecule has 2 aromatic carbocycles. The van der Waals surface area contributed by atoms with Crippen LogP contribution in [0.2, 0.25) is 0 Å². The zero-order valence-corrected chi connectivity index (χ0v) is 18.1. The normalized spacial score (nSPS) is 11.6. The van der Waals surface area contributed by atoms with Crippen molar-refractivity contribution in [2.45, 2.75) is 53.6 Å². The minimum absolute atomic E-state index is 0.110. The van der Waals surface area contributed by atoms with Gasteiger partial charge in [-0.15, -0.1) is 0 Å². The molecule has 0 aliphatic rings. The summed E-state index contributed by atoms with van der Waals surface area (Å²) < 4.78 is 5.81. The number of ether oxygens (including phenoxy) is 1. The van der Waals surface area contributed by atoms with Crippen LogP contribution >= 0.6 is 0 Å². The highest BCUT2D eigenvalue weighted by Crippen LogP contribution is 2.19. The first-order valence-electron chi connectivity index (χ1n) is 10.1. The van der Waals surface area contributed by atoms with Gasteiger partial charge in [0.15, 0.2) is 6.61 Å². The van der Waals surface area contributed by atoms with E-state index in [1.165, 1.54) is 0 Å². The maximum absolute atomic E-state index is 13.0. The van der Waals surface area contributed by atoms with Crippen molar-refractivity contribution in [1.82, 2.24) is 10.2 Å². The Kier molecular flexibility index (Phi) is 8.25. The van der Waals surface area contributed by atoms with Gasteiger partial charge in [0.1, 0.15) is 11.8 Å². The largest absolute Gasteiger partial charge is 0.483 e. The zero-order valence-electron chi connectivity index (χ0n) is 18.1. The average Bonchev–Trinajstić information content (AvgIpc) is 2.70. The number of nitrogens with zero attached hydrogens (tertiary/aromatic N) is 1. The quantitative estimate of drug-likeness (QED) is 0.699. The molecule has 0 unspecified atom stereocenters. The second-order valence-corrected chi connectivity index (χ2v) is 7.54. The summed E-state index contributed by atoms with van der Waals surface area (Å²) in [6, 6.07) is 13.3. The lowest BCUT2D eigenvalue weighted by molar-refractivity contribution is -0.142. The van der Waals surface area contributed by atoms with Crippen molar-refractivity contribution in [3.63, 3.8) is 0 Å². The number of amides is 2. The van der Waals surface area contributed by atoms with Crippen LogP contribution in [-0.4, -0.2) is 35.9 Å². The zero-order chi connectivity index (χ0) is 21.4. The van der Waals surface area contributed by atoms with Gasteiger partial charge in [-0.2, -0.15) is 0 Å². The summed E-state index contributed by atoms with van der Waals surface area (Å²) >= 11 is 0. The Morgan fingerprint density at radius 1 is 1.07 bits per heavy atom. The van der Waals surface area contributed by atoms with Gasteiger partial charge in [0.25, 0.3) is 5.91 Å². The van der Waals surface area contributed by atoms with Crippen LogP contribution in [0.3, 0.4) is 0 Å². The smallest absolute Gasteiger partial charge is 0.261 e. The summed E-state index contributed by atoms with van der Waals surface area (Å²) in [5.74, 6) is 0.322. The van der Waals surface area contributed by atoms with Crippen molar-refractivity contribution < 1.29 is 14.3 Å². The van der Waals surface area contributed by atoms with Crippen LogP contribution in [0.25, 0.3) is 0 Å². The van der Waals surface area contributed by atoms with Gasteiger partial charge in [-0.1, -0.05) is 48.9 Å². The number of hydrogen-bond donors (Lipinski definition) is 1. The molecule has 0 aliphatic carbocycles. The number of carbonyl (C=O) groups excluding carboxylic acids is 2. The van der Waals surface area contributed by atoms with Crippen LogP contribution in [-0.2, 0) is 16.1 Å². The number of benzene rings is 2. The number of aryl methyl sites for hydroxylation is 3. The van der Waals surface area contributed by atoms with Gasteiger partial charge >= 0.3 is 0 Å². The molecule has 0 radical (unpaired) electrons. The van der Waals surface area contributed by atoms with E-state index in [4.69, 9.17) is 4.74 Å². The summed E-state index contributed by atoms with van der Waals surface area (Å²) in [5, 5.41) is 2.88. The summed E-state index contributed by atoms with van der Waals surface area (Å²) in [7, 11) is 0. The fraction of sp³-hybridized carbons (Fsp3) is 0.417. The Hall–Kier alpha value is -2.82. The molecule has 1 atom stereocenters. The van der Waals surface area contributed by atoms with E-state index < -0.39 is 6.04 Å². The molecule has 2 aromatic rings. The van der Waals surface area contributed by atoms with E-state index in [0.717, 1.165) is 28.7 Å². The Morgan fingerprint density at radius 2 is 1.79 bits per heavy atom. The second kappa shape index (κ2) is 10.6. The van der Waals surface area contributed by atoms with Gasteiger partial charge in [0, 0.05) is 13.1 Å². The molecular formula is C24H32N2O3. The lowest BCUT2D eigenvalue weighted by Crippen LogP contribution is -2.49. The van der Waals surface area contributed by atoms with Gasteiger partial charge < -0.3 is 15.0 Å². The molecule has 0 saturated carbocycles. The molecular weight excluding hydrogens is 364 g/mol. The summed E-state index contributed by atoms with van der Waals surface area (Å²) in [4.78, 5) is 27.2. The van der Waals surface area contributed by atoms with E-state index >= 15 is 0 Å². The van der Waals surface area contributed by atoms with Crippen molar-refractivity contribution in [2.75, 3.05) is 13.2 Å². The van der Waals surface area contributed by atoms with Crippen molar-refractivity contribution in [2.24, 2.45) is 0 Å². The van der Waals surface area contributed by atoms with Crippen LogP contribution in [0, 0.1) is 20.8 Å². The highest BCUT2D eigenvalue weighted by atomic mass is 16.5. The minimum atomic E-state index is -0.586. The highest BCUT2D eigenvalue weighted by molar-refractivity contribution is 5.87. The van der Waals surface area contributed by atoms with Crippen LogP contribution in [0.15, 0.2) is 42.5 Å². The summed E-state index contributed by atoms with van der Waals surface area (Å²) in [5.41, 5.74) is 4.15. The minimum Gasteiger partial charge on any atom is -0.483 e. The van der Waals surface area contributed by atoms with Crippen molar-refractivity contribution in [1.29, 1.82) is 0 Å². The van der Waals surface area contributed by atoms with Crippen LogP contribution in [0.4, 0.5) is 0 Å². The predicted octanol–water partition coefficient (Wildman–Crippen LogP) is 3.93. The van der Waals surface area contributed by atoms with Crippen LogP contribution in [0.1, 0.15) is 42.5 Å². The third kappa shape index (κ3) is 6.63. The van der Waals surface area contributed by atoms with Gasteiger partial charge in [-0.05, 0) is 56.9 Å². The molecule has 0 heterocycles. The summed E-state index contributed by atoms with van der Waals surface area (Å²) in [6.45, 7) is 10.5. The summed E-state index contributed by atoms with van der Waals surface area (Å²) in [6.07, 6.45) is 0.847. The monoisotopic (exact) mass is 396 g/mol. The molecule has 0 aromatic heterocycles. The van der Waals surface area contributed by atoms with E-state index in [1.807, 2.05) is 70.2 Å². The fourth-order valence-corrected chi connectivity index (χ4v) is 3.07. The molecule has 0 bridgehead atoms. The van der Waals surface area contributed by atoms with E-state index in [0.29, 0.717) is 18.8 Å². The Bertz CT molecular complexity index is 848. The van der Waals surface area contributed by atoms with Gasteiger partial charge in [-0.3, -0.25) is 9.59 Å². The standard InChI is InChI=1S/C24H32N2O3/c1-6-12-25-24(28)20(5)26(15-21-9-7-8-17(2)13-21)23(27)16-29-22-14-18(3)10-11-19(22)4/h7-11,13-14,20H,6,12,15-16H2,1-5H3,(H,25,28)/t20-/m0/s1. The molecule has 5 nitrogen and oxygen atoms in total. The lowest BCUT2D eigenvalue weighted by atomic mass is 10.1. The Morgan fingerprint density at radius 3 is 2.48 bits per heavy atom.